The van der Waals surface area contributed by atoms with E-state index < -0.39 is 50.5 Å². The number of rotatable bonds is 13. The number of hydrogen-bond acceptors (Lipinski definition) is 7. The standard InChI is InChI=1S/C35H63BN4O7Si/c1-22(2)29(41)37-17-13-12-16-28(36-46-27-20-23-19-26(34(23,6)7)35(27,8)47-36)39-30(42)25-15-14-18-40(25)31(43)24(21-48(9,10)11)38-32(44)45-33(3,4)5/h22-28H,12-21H2,1-11H3,(H,37,41)(H,38,44)(H,39,42)/t23-,24+,25-,26-,27+,28-,35-/m0/s1. The van der Waals surface area contributed by atoms with E-state index in [-0.39, 0.29) is 35.2 Å². The van der Waals surface area contributed by atoms with Crippen molar-refractivity contribution in [2.45, 2.75) is 161 Å². The second-order valence-electron chi connectivity index (χ2n) is 18.0. The average Bonchev–Trinajstić information content (AvgIpc) is 3.58. The van der Waals surface area contributed by atoms with Crippen LogP contribution >= 0.6 is 0 Å². The molecule has 5 aliphatic rings. The summed E-state index contributed by atoms with van der Waals surface area (Å²) in [4.78, 5) is 54.6. The lowest BCUT2D eigenvalue weighted by atomic mass is 9.43. The minimum absolute atomic E-state index is 0.0187. The summed E-state index contributed by atoms with van der Waals surface area (Å²) in [5, 5.41) is 9.08. The molecule has 0 aromatic rings. The molecule has 0 aromatic carbocycles. The second-order valence-corrected chi connectivity index (χ2v) is 23.6. The highest BCUT2D eigenvalue weighted by Gasteiger charge is 2.68. The predicted octanol–water partition coefficient (Wildman–Crippen LogP) is 4.90. The molecule has 0 unspecified atom stereocenters. The zero-order valence-corrected chi connectivity index (χ0v) is 32.5. The largest absolute Gasteiger partial charge is 0.481 e. The molecule has 3 saturated carbocycles. The van der Waals surface area contributed by atoms with Gasteiger partial charge in [-0.1, -0.05) is 53.8 Å². The van der Waals surface area contributed by atoms with Crippen molar-refractivity contribution in [1.82, 2.24) is 20.9 Å². The molecule has 5 rings (SSSR count). The van der Waals surface area contributed by atoms with Gasteiger partial charge >= 0.3 is 13.2 Å². The van der Waals surface area contributed by atoms with Crippen LogP contribution in [-0.4, -0.2) is 92.3 Å². The van der Waals surface area contributed by atoms with E-state index in [1.165, 1.54) is 0 Å². The molecular formula is C35H63BN4O7Si. The van der Waals surface area contributed by atoms with Crippen LogP contribution in [0.25, 0.3) is 0 Å². The summed E-state index contributed by atoms with van der Waals surface area (Å²) in [6, 6.07) is -0.884. The van der Waals surface area contributed by atoms with Crippen LogP contribution in [0.3, 0.4) is 0 Å². The Labute approximate surface area is 290 Å². The minimum atomic E-state index is -1.80. The van der Waals surface area contributed by atoms with Gasteiger partial charge in [-0.2, -0.15) is 0 Å². The summed E-state index contributed by atoms with van der Waals surface area (Å²) in [5.41, 5.74) is -0.914. The van der Waals surface area contributed by atoms with E-state index in [0.29, 0.717) is 50.2 Å². The molecule has 3 N–H and O–H groups in total. The van der Waals surface area contributed by atoms with Gasteiger partial charge in [-0.3, -0.25) is 14.4 Å². The Morgan fingerprint density at radius 3 is 2.33 bits per heavy atom. The topological polar surface area (TPSA) is 135 Å². The van der Waals surface area contributed by atoms with Gasteiger partial charge in [0.15, 0.2) is 0 Å². The van der Waals surface area contributed by atoms with Crippen molar-refractivity contribution in [2.24, 2.45) is 23.2 Å². The highest BCUT2D eigenvalue weighted by Crippen LogP contribution is 2.65. The van der Waals surface area contributed by atoms with Crippen molar-refractivity contribution in [3.63, 3.8) is 0 Å². The molecule has 13 heteroatoms. The van der Waals surface area contributed by atoms with Crippen LogP contribution in [0.5, 0.6) is 0 Å². The van der Waals surface area contributed by atoms with Crippen LogP contribution in [0.15, 0.2) is 0 Å². The lowest BCUT2D eigenvalue weighted by molar-refractivity contribution is -0.199. The number of unbranched alkanes of at least 4 members (excludes halogenated alkanes) is 1. The maximum absolute atomic E-state index is 14.1. The van der Waals surface area contributed by atoms with Crippen LogP contribution in [0.2, 0.25) is 25.7 Å². The normalized spacial score (nSPS) is 29.1. The third-order valence-electron chi connectivity index (χ3n) is 11.0. The first kappa shape index (κ1) is 38.7. The summed E-state index contributed by atoms with van der Waals surface area (Å²) in [5.74, 6) is 0.0876. The molecule has 0 aromatic heterocycles. The van der Waals surface area contributed by atoms with Crippen LogP contribution in [-0.2, 0) is 28.4 Å². The first-order valence-corrected chi connectivity index (χ1v) is 22.0. The summed E-state index contributed by atoms with van der Waals surface area (Å²) < 4.78 is 18.9. The maximum Gasteiger partial charge on any atom is 0.481 e. The molecule has 7 atom stereocenters. The third kappa shape index (κ3) is 8.96. The summed E-state index contributed by atoms with van der Waals surface area (Å²) in [6.45, 7) is 23.4. The molecule has 2 bridgehead atoms. The van der Waals surface area contributed by atoms with E-state index in [1.54, 1.807) is 25.7 Å². The Balaban J connectivity index is 1.47. The Morgan fingerprint density at radius 2 is 1.73 bits per heavy atom. The number of carbonyl (C=O) groups excluding carboxylic acids is 4. The lowest BCUT2D eigenvalue weighted by Crippen LogP contribution is -2.65. The molecule has 3 aliphatic carbocycles. The highest BCUT2D eigenvalue weighted by atomic mass is 28.3. The molecule has 0 spiro atoms. The third-order valence-corrected chi connectivity index (χ3v) is 12.7. The van der Waals surface area contributed by atoms with Crippen molar-refractivity contribution in [1.29, 1.82) is 0 Å². The zero-order chi connectivity index (χ0) is 35.8. The van der Waals surface area contributed by atoms with E-state index >= 15 is 0 Å². The molecule has 11 nitrogen and oxygen atoms in total. The van der Waals surface area contributed by atoms with E-state index in [9.17, 15) is 19.2 Å². The van der Waals surface area contributed by atoms with Crippen LogP contribution in [0, 0.1) is 23.2 Å². The van der Waals surface area contributed by atoms with Crippen molar-refractivity contribution < 1.29 is 33.2 Å². The van der Waals surface area contributed by atoms with Gasteiger partial charge in [0, 0.05) is 27.1 Å². The van der Waals surface area contributed by atoms with Gasteiger partial charge in [0.1, 0.15) is 17.7 Å². The molecule has 0 radical (unpaired) electrons. The molecule has 272 valence electrons. The SMILES string of the molecule is CC(C)C(=O)NCCCC[C@H](NC(=O)[C@@H]1CCCN1C(=O)[C@@H](C[Si](C)(C)C)NC(=O)OC(C)(C)C)B1O[C@@H]2C[C@@H]3C[C@@H](C3(C)C)[C@]2(C)O1. The number of nitrogens with one attached hydrogen (secondary N) is 3. The number of likely N-dealkylation sites (tertiary alicyclic amines) is 1. The summed E-state index contributed by atoms with van der Waals surface area (Å²) in [6.07, 6.45) is 4.82. The van der Waals surface area contributed by atoms with Gasteiger partial charge in [0.05, 0.1) is 17.6 Å². The zero-order valence-electron chi connectivity index (χ0n) is 31.5. The Hall–Kier alpha value is -2.12. The van der Waals surface area contributed by atoms with Gasteiger partial charge in [-0.15, -0.1) is 0 Å². The summed E-state index contributed by atoms with van der Waals surface area (Å²) >= 11 is 0. The number of nitrogens with zero attached hydrogens (tertiary/aromatic N) is 1. The summed E-state index contributed by atoms with van der Waals surface area (Å²) in [7, 11) is -2.40. The van der Waals surface area contributed by atoms with E-state index in [2.05, 4.69) is 56.4 Å². The first-order chi connectivity index (χ1) is 22.1. The molecule has 2 aliphatic heterocycles. The Bertz CT molecular complexity index is 1200. The number of carbonyl (C=O) groups is 4. The maximum atomic E-state index is 14.1. The van der Waals surface area contributed by atoms with Crippen molar-refractivity contribution in [3.05, 3.63) is 0 Å². The predicted molar refractivity (Wildman–Crippen MR) is 190 cm³/mol. The van der Waals surface area contributed by atoms with Gasteiger partial charge in [-0.05, 0) is 89.5 Å². The average molecular weight is 691 g/mol. The lowest BCUT2D eigenvalue weighted by Gasteiger charge is -2.64. The molecule has 2 heterocycles. The molecule has 4 amide bonds. The van der Waals surface area contributed by atoms with Crippen LogP contribution < -0.4 is 16.0 Å². The van der Waals surface area contributed by atoms with E-state index in [4.69, 9.17) is 14.0 Å². The molecule has 2 saturated heterocycles. The monoisotopic (exact) mass is 690 g/mol. The minimum Gasteiger partial charge on any atom is -0.444 e. The van der Waals surface area contributed by atoms with Gasteiger partial charge in [-0.25, -0.2) is 4.79 Å². The first-order valence-electron chi connectivity index (χ1n) is 18.3. The number of hydrogen-bond donors (Lipinski definition) is 3. The fourth-order valence-corrected chi connectivity index (χ4v) is 9.80. The van der Waals surface area contributed by atoms with Crippen molar-refractivity contribution >= 4 is 39.0 Å². The quantitative estimate of drug-likeness (QED) is 0.185. The van der Waals surface area contributed by atoms with Gasteiger partial charge in [0.25, 0.3) is 0 Å². The smallest absolute Gasteiger partial charge is 0.444 e. The molecule has 5 fully saturated rings. The molecule has 48 heavy (non-hydrogen) atoms. The van der Waals surface area contributed by atoms with E-state index in [0.717, 1.165) is 25.7 Å². The van der Waals surface area contributed by atoms with Crippen molar-refractivity contribution in [3.8, 4) is 0 Å². The van der Waals surface area contributed by atoms with Gasteiger partial charge in [0.2, 0.25) is 17.7 Å². The number of amides is 4. The number of alkyl carbamates (subject to hydrolysis) is 1. The van der Waals surface area contributed by atoms with Crippen molar-refractivity contribution in [2.75, 3.05) is 13.1 Å². The van der Waals surface area contributed by atoms with E-state index in [1.807, 2.05) is 13.8 Å². The van der Waals surface area contributed by atoms with Gasteiger partial charge < -0.3 is 34.9 Å². The van der Waals surface area contributed by atoms with Crippen LogP contribution in [0.4, 0.5) is 4.79 Å². The van der Waals surface area contributed by atoms with Crippen LogP contribution in [0.1, 0.15) is 100 Å². The Morgan fingerprint density at radius 1 is 1.04 bits per heavy atom. The fraction of sp³-hybridized carbons (Fsp3) is 0.886. The second kappa shape index (κ2) is 14.6. The Kier molecular flexibility index (Phi) is 11.8. The molecular weight excluding hydrogens is 627 g/mol. The fourth-order valence-electron chi connectivity index (χ4n) is 8.30. The highest BCUT2D eigenvalue weighted by molar-refractivity contribution is 6.76. The number of ether oxygens (including phenoxy) is 1.